The van der Waals surface area contributed by atoms with E-state index in [-0.39, 0.29) is 0 Å². The first-order valence-corrected chi connectivity index (χ1v) is 7.13. The van der Waals surface area contributed by atoms with Gasteiger partial charge in [-0.3, -0.25) is 4.99 Å². The average Bonchev–Trinajstić information content (AvgIpc) is 2.79. The summed E-state index contributed by atoms with van der Waals surface area (Å²) in [5.41, 5.74) is 0.829. The molecule has 0 fully saturated rings. The van der Waals surface area contributed by atoms with Crippen molar-refractivity contribution in [3.63, 3.8) is 0 Å². The van der Waals surface area contributed by atoms with Crippen molar-refractivity contribution in [2.75, 3.05) is 25.6 Å². The third-order valence-corrected chi connectivity index (χ3v) is 3.13. The monoisotopic (exact) mass is 336 g/mol. The number of aliphatic imine (C=N–C) groups is 1. The largest absolute Gasteiger partial charge is 0.494 e. The summed E-state index contributed by atoms with van der Waals surface area (Å²) in [6.45, 7) is 2.60. The maximum Gasteiger partial charge on any atom is 0.210 e. The molecule has 0 aliphatic carbocycles. The van der Waals surface area contributed by atoms with Crippen LogP contribution in [0.15, 0.2) is 44.2 Å². The van der Waals surface area contributed by atoms with Crippen LogP contribution in [0.25, 0.3) is 0 Å². The van der Waals surface area contributed by atoms with Crippen LogP contribution in [0.4, 0.5) is 11.6 Å². The molecule has 1 aromatic carbocycles. The number of ether oxygens (including phenoxy) is 1. The first-order valence-electron chi connectivity index (χ1n) is 6.33. The quantitative estimate of drug-likeness (QED) is 0.765. The Bertz CT molecular complexity index is 606. The number of hydrogen-bond acceptors (Lipinski definition) is 4. The van der Waals surface area contributed by atoms with Crippen LogP contribution in [0.1, 0.15) is 12.7 Å². The second-order valence-electron chi connectivity index (χ2n) is 4.38. The summed E-state index contributed by atoms with van der Waals surface area (Å²) in [5, 5.41) is 0. The van der Waals surface area contributed by atoms with E-state index in [1.54, 1.807) is 6.21 Å². The molecule has 0 aliphatic heterocycles. The van der Waals surface area contributed by atoms with Crippen LogP contribution in [0.3, 0.4) is 0 Å². The Balaban J connectivity index is 2.16. The van der Waals surface area contributed by atoms with Gasteiger partial charge in [-0.05, 0) is 35.0 Å². The fourth-order valence-electron chi connectivity index (χ4n) is 1.70. The number of furan rings is 1. The molecule has 5 heteroatoms. The molecule has 2 aromatic rings. The summed E-state index contributed by atoms with van der Waals surface area (Å²) in [5.74, 6) is 2.29. The Hall–Kier alpha value is -1.75. The van der Waals surface area contributed by atoms with Crippen molar-refractivity contribution in [2.24, 2.45) is 4.99 Å². The predicted octanol–water partition coefficient (Wildman–Crippen LogP) is 4.26. The molecule has 0 saturated heterocycles. The molecule has 0 N–H and O–H groups in total. The summed E-state index contributed by atoms with van der Waals surface area (Å²) in [6, 6.07) is 9.54. The minimum atomic E-state index is 0.643. The molecule has 1 aromatic heterocycles. The van der Waals surface area contributed by atoms with Crippen LogP contribution >= 0.6 is 15.9 Å². The van der Waals surface area contributed by atoms with Gasteiger partial charge < -0.3 is 14.1 Å². The Morgan fingerprint density at radius 2 is 2.15 bits per heavy atom. The normalized spacial score (nSPS) is 11.0. The second kappa shape index (κ2) is 6.61. The molecule has 0 bridgehead atoms. The standard InChI is InChI=1S/C15H17BrN2O2/c1-4-19-12-7-5-6-11(8-12)17-10-13-9-14(16)15(20-13)18(2)3/h5-10H,4H2,1-3H3. The first kappa shape index (κ1) is 14.7. The summed E-state index contributed by atoms with van der Waals surface area (Å²) < 4.78 is 12.0. The van der Waals surface area contributed by atoms with E-state index in [0.717, 1.165) is 21.8 Å². The molecule has 0 aliphatic rings. The van der Waals surface area contributed by atoms with Crippen molar-refractivity contribution >= 4 is 33.7 Å². The van der Waals surface area contributed by atoms with Gasteiger partial charge in [0.2, 0.25) is 5.88 Å². The van der Waals surface area contributed by atoms with Gasteiger partial charge in [-0.15, -0.1) is 0 Å². The highest BCUT2D eigenvalue weighted by Gasteiger charge is 2.08. The lowest BCUT2D eigenvalue weighted by atomic mass is 10.3. The van der Waals surface area contributed by atoms with Crippen molar-refractivity contribution in [1.82, 2.24) is 0 Å². The highest BCUT2D eigenvalue weighted by molar-refractivity contribution is 9.10. The zero-order chi connectivity index (χ0) is 14.5. The molecule has 0 spiro atoms. The lowest BCUT2D eigenvalue weighted by Gasteiger charge is -2.07. The highest BCUT2D eigenvalue weighted by Crippen LogP contribution is 2.28. The number of halogens is 1. The zero-order valence-corrected chi connectivity index (χ0v) is 13.3. The SMILES string of the molecule is CCOc1cccc(N=Cc2cc(Br)c(N(C)C)o2)c1. The van der Waals surface area contributed by atoms with Gasteiger partial charge in [-0.1, -0.05) is 6.07 Å². The van der Waals surface area contributed by atoms with E-state index in [0.29, 0.717) is 12.4 Å². The smallest absolute Gasteiger partial charge is 0.210 e. The van der Waals surface area contributed by atoms with Gasteiger partial charge in [0.05, 0.1) is 23.0 Å². The van der Waals surface area contributed by atoms with Crippen LogP contribution in [-0.4, -0.2) is 26.9 Å². The van der Waals surface area contributed by atoms with Gasteiger partial charge in [0.15, 0.2) is 0 Å². The third-order valence-electron chi connectivity index (χ3n) is 2.56. The van der Waals surface area contributed by atoms with Crippen LogP contribution in [-0.2, 0) is 0 Å². The van der Waals surface area contributed by atoms with Crippen LogP contribution in [0, 0.1) is 0 Å². The highest BCUT2D eigenvalue weighted by atomic mass is 79.9. The first-order chi connectivity index (χ1) is 9.60. The minimum absolute atomic E-state index is 0.643. The van der Waals surface area contributed by atoms with Crippen molar-refractivity contribution in [2.45, 2.75) is 6.92 Å². The Morgan fingerprint density at radius 1 is 1.35 bits per heavy atom. The number of anilines is 1. The summed E-state index contributed by atoms with van der Waals surface area (Å²) in [7, 11) is 3.85. The topological polar surface area (TPSA) is 38.0 Å². The molecule has 0 unspecified atom stereocenters. The molecule has 20 heavy (non-hydrogen) atoms. The molecular formula is C15H17BrN2O2. The van der Waals surface area contributed by atoms with E-state index < -0.39 is 0 Å². The van der Waals surface area contributed by atoms with Gasteiger partial charge in [0, 0.05) is 26.2 Å². The molecule has 4 nitrogen and oxygen atoms in total. The van der Waals surface area contributed by atoms with Gasteiger partial charge >= 0.3 is 0 Å². The summed E-state index contributed by atoms with van der Waals surface area (Å²) >= 11 is 3.46. The van der Waals surface area contributed by atoms with E-state index in [1.165, 1.54) is 0 Å². The third kappa shape index (κ3) is 3.63. The van der Waals surface area contributed by atoms with E-state index in [1.807, 2.05) is 56.3 Å². The summed E-state index contributed by atoms with van der Waals surface area (Å²) in [6.07, 6.45) is 1.70. The average molecular weight is 337 g/mol. The molecule has 1 heterocycles. The Morgan fingerprint density at radius 3 is 2.80 bits per heavy atom. The fourth-order valence-corrected chi connectivity index (χ4v) is 2.36. The number of nitrogens with zero attached hydrogens (tertiary/aromatic N) is 2. The zero-order valence-electron chi connectivity index (χ0n) is 11.8. The maximum absolute atomic E-state index is 5.67. The van der Waals surface area contributed by atoms with Crippen molar-refractivity contribution < 1.29 is 9.15 Å². The van der Waals surface area contributed by atoms with Gasteiger partial charge in [0.25, 0.3) is 0 Å². The van der Waals surface area contributed by atoms with E-state index >= 15 is 0 Å². The van der Waals surface area contributed by atoms with E-state index in [2.05, 4.69) is 20.9 Å². The molecular weight excluding hydrogens is 320 g/mol. The van der Waals surface area contributed by atoms with Crippen molar-refractivity contribution in [3.05, 3.63) is 40.6 Å². The van der Waals surface area contributed by atoms with Crippen molar-refractivity contribution in [3.8, 4) is 5.75 Å². The molecule has 0 amide bonds. The van der Waals surface area contributed by atoms with Crippen LogP contribution < -0.4 is 9.64 Å². The molecule has 0 saturated carbocycles. The molecule has 0 atom stereocenters. The molecule has 106 valence electrons. The lowest BCUT2D eigenvalue weighted by Crippen LogP contribution is -2.07. The Labute approximate surface area is 127 Å². The van der Waals surface area contributed by atoms with E-state index in [9.17, 15) is 0 Å². The fraction of sp³-hybridized carbons (Fsp3) is 0.267. The van der Waals surface area contributed by atoms with Crippen LogP contribution in [0.5, 0.6) is 5.75 Å². The number of benzene rings is 1. The van der Waals surface area contributed by atoms with Crippen molar-refractivity contribution in [1.29, 1.82) is 0 Å². The van der Waals surface area contributed by atoms with Gasteiger partial charge in [0.1, 0.15) is 11.5 Å². The minimum Gasteiger partial charge on any atom is -0.494 e. The van der Waals surface area contributed by atoms with Crippen LogP contribution in [0.2, 0.25) is 0 Å². The molecule has 0 radical (unpaired) electrons. The summed E-state index contributed by atoms with van der Waals surface area (Å²) in [4.78, 5) is 6.30. The van der Waals surface area contributed by atoms with E-state index in [4.69, 9.17) is 9.15 Å². The molecule has 2 rings (SSSR count). The number of rotatable bonds is 5. The van der Waals surface area contributed by atoms with Gasteiger partial charge in [-0.25, -0.2) is 0 Å². The predicted molar refractivity (Wildman–Crippen MR) is 85.6 cm³/mol. The second-order valence-corrected chi connectivity index (χ2v) is 5.24. The Kier molecular flexibility index (Phi) is 4.84. The van der Waals surface area contributed by atoms with Gasteiger partial charge in [-0.2, -0.15) is 0 Å². The number of hydrogen-bond donors (Lipinski definition) is 0. The lowest BCUT2D eigenvalue weighted by molar-refractivity contribution is 0.340. The maximum atomic E-state index is 5.67.